The lowest BCUT2D eigenvalue weighted by Crippen LogP contribution is -2.22. The van der Waals surface area contributed by atoms with E-state index < -0.39 is 5.25 Å². The maximum atomic E-state index is 12.8. The third-order valence-electron chi connectivity index (χ3n) is 5.04. The second kappa shape index (κ2) is 10.4. The van der Waals surface area contributed by atoms with Gasteiger partial charge >= 0.3 is 0 Å². The van der Waals surface area contributed by atoms with Gasteiger partial charge < -0.3 is 14.5 Å². The summed E-state index contributed by atoms with van der Waals surface area (Å²) < 4.78 is 11.2. The quantitative estimate of drug-likeness (QED) is 0.340. The van der Waals surface area contributed by atoms with Crippen molar-refractivity contribution in [3.05, 3.63) is 51.2 Å². The number of aromatic nitrogens is 2. The SMILES string of the molecule is C[C@H](Sc1nnc(COc2ccc(Cl)cc2)o1)C(=O)Nc1sc2c(c1C#N)CCCCC2. The third kappa shape index (κ3) is 5.44. The number of hydrogen-bond donors (Lipinski definition) is 1. The third-order valence-corrected chi connectivity index (χ3v) is 7.43. The highest BCUT2D eigenvalue weighted by Crippen LogP contribution is 2.37. The number of ether oxygens (including phenoxy) is 1. The molecule has 1 aliphatic rings. The molecule has 32 heavy (non-hydrogen) atoms. The van der Waals surface area contributed by atoms with Crippen LogP contribution in [0.2, 0.25) is 5.02 Å². The normalized spacial score (nSPS) is 14.2. The summed E-state index contributed by atoms with van der Waals surface area (Å²) in [5.74, 6) is 0.737. The van der Waals surface area contributed by atoms with Crippen molar-refractivity contribution in [2.24, 2.45) is 0 Å². The molecule has 1 aliphatic carbocycles. The summed E-state index contributed by atoms with van der Waals surface area (Å²) >= 11 is 8.54. The first-order valence-electron chi connectivity index (χ1n) is 10.3. The molecule has 1 amide bonds. The van der Waals surface area contributed by atoms with Crippen molar-refractivity contribution in [2.45, 2.75) is 56.1 Å². The van der Waals surface area contributed by atoms with Crippen LogP contribution >= 0.6 is 34.7 Å². The number of halogens is 1. The largest absolute Gasteiger partial charge is 0.484 e. The molecule has 0 aliphatic heterocycles. The fourth-order valence-electron chi connectivity index (χ4n) is 3.39. The number of nitrogens with zero attached hydrogens (tertiary/aromatic N) is 3. The van der Waals surface area contributed by atoms with Crippen LogP contribution < -0.4 is 10.1 Å². The lowest BCUT2D eigenvalue weighted by molar-refractivity contribution is -0.115. The Morgan fingerprint density at radius 3 is 2.88 bits per heavy atom. The number of carbonyl (C=O) groups excluding carboxylic acids is 1. The van der Waals surface area contributed by atoms with Gasteiger partial charge in [-0.05, 0) is 62.4 Å². The van der Waals surface area contributed by atoms with Crippen molar-refractivity contribution in [2.75, 3.05) is 5.32 Å². The van der Waals surface area contributed by atoms with Crippen LogP contribution in [0.1, 0.15) is 48.1 Å². The Balaban J connectivity index is 1.34. The summed E-state index contributed by atoms with van der Waals surface area (Å²) in [6, 6.07) is 9.25. The highest BCUT2D eigenvalue weighted by Gasteiger charge is 2.24. The predicted molar refractivity (Wildman–Crippen MR) is 124 cm³/mol. The van der Waals surface area contributed by atoms with Gasteiger partial charge in [-0.15, -0.1) is 21.5 Å². The van der Waals surface area contributed by atoms with Crippen LogP contribution in [-0.2, 0) is 24.2 Å². The molecule has 0 bridgehead atoms. The summed E-state index contributed by atoms with van der Waals surface area (Å²) in [4.78, 5) is 14.0. The molecule has 1 N–H and O–H groups in total. The average molecular weight is 489 g/mol. The molecule has 1 atom stereocenters. The van der Waals surface area contributed by atoms with E-state index in [0.717, 1.165) is 43.0 Å². The monoisotopic (exact) mass is 488 g/mol. The zero-order valence-electron chi connectivity index (χ0n) is 17.4. The highest BCUT2D eigenvalue weighted by molar-refractivity contribution is 8.00. The highest BCUT2D eigenvalue weighted by atomic mass is 35.5. The number of fused-ring (bicyclic) bond motifs is 1. The number of aryl methyl sites for hydroxylation is 1. The number of nitriles is 1. The fraction of sp³-hybridized carbons (Fsp3) is 0.364. The van der Waals surface area contributed by atoms with E-state index in [1.807, 2.05) is 0 Å². The number of nitrogens with one attached hydrogen (secondary N) is 1. The van der Waals surface area contributed by atoms with Gasteiger partial charge in [0.05, 0.1) is 10.8 Å². The van der Waals surface area contributed by atoms with Crippen molar-refractivity contribution in [1.82, 2.24) is 10.2 Å². The van der Waals surface area contributed by atoms with Gasteiger partial charge in [-0.2, -0.15) is 5.26 Å². The van der Waals surface area contributed by atoms with Crippen LogP contribution in [0, 0.1) is 11.3 Å². The van der Waals surface area contributed by atoms with E-state index >= 15 is 0 Å². The number of thiophene rings is 1. The Labute approximate surface area is 199 Å². The molecule has 0 saturated heterocycles. The molecule has 10 heteroatoms. The standard InChI is InChI=1S/C22H21ClN4O3S2/c1-13(20(28)25-21-17(11-24)16-5-3-2-4-6-18(16)32-21)31-22-27-26-19(30-22)12-29-15-9-7-14(23)8-10-15/h7-10,13H,2-6,12H2,1H3,(H,25,28)/t13-/m0/s1. The molecule has 2 aromatic heterocycles. The van der Waals surface area contributed by atoms with E-state index in [0.29, 0.717) is 27.2 Å². The van der Waals surface area contributed by atoms with Crippen molar-refractivity contribution in [3.8, 4) is 11.8 Å². The number of amides is 1. The summed E-state index contributed by atoms with van der Waals surface area (Å²) in [7, 11) is 0. The minimum Gasteiger partial charge on any atom is -0.484 e. The molecule has 166 valence electrons. The average Bonchev–Trinajstić information content (AvgIpc) is 3.29. The number of hydrogen-bond acceptors (Lipinski definition) is 8. The van der Waals surface area contributed by atoms with Gasteiger partial charge in [-0.1, -0.05) is 29.8 Å². The topological polar surface area (TPSA) is 101 Å². The Hall–Kier alpha value is -2.54. The van der Waals surface area contributed by atoms with Crippen LogP contribution in [0.15, 0.2) is 33.9 Å². The van der Waals surface area contributed by atoms with E-state index in [-0.39, 0.29) is 17.7 Å². The molecule has 0 spiro atoms. The summed E-state index contributed by atoms with van der Waals surface area (Å²) in [5.41, 5.74) is 1.71. The number of anilines is 1. The summed E-state index contributed by atoms with van der Waals surface area (Å²) in [6.07, 6.45) is 5.26. The van der Waals surface area contributed by atoms with Crippen molar-refractivity contribution < 1.29 is 13.9 Å². The Morgan fingerprint density at radius 2 is 2.09 bits per heavy atom. The van der Waals surface area contributed by atoms with Crippen LogP contribution in [0.25, 0.3) is 0 Å². The molecule has 4 rings (SSSR count). The van der Waals surface area contributed by atoms with Crippen molar-refractivity contribution in [1.29, 1.82) is 5.26 Å². The van der Waals surface area contributed by atoms with Crippen LogP contribution in [0.4, 0.5) is 5.00 Å². The van der Waals surface area contributed by atoms with Gasteiger partial charge in [0.1, 0.15) is 16.8 Å². The molecule has 3 aromatic rings. The maximum absolute atomic E-state index is 12.8. The van der Waals surface area contributed by atoms with E-state index in [1.54, 1.807) is 31.2 Å². The molecule has 7 nitrogen and oxygen atoms in total. The molecule has 0 saturated carbocycles. The van der Waals surface area contributed by atoms with E-state index in [4.69, 9.17) is 20.8 Å². The Kier molecular flexibility index (Phi) is 7.35. The number of rotatable bonds is 7. The number of benzene rings is 1. The summed E-state index contributed by atoms with van der Waals surface area (Å²) in [5, 5.41) is 21.6. The van der Waals surface area contributed by atoms with Gasteiger partial charge in [0, 0.05) is 9.90 Å². The zero-order valence-corrected chi connectivity index (χ0v) is 19.8. The minimum atomic E-state index is -0.478. The van der Waals surface area contributed by atoms with Gasteiger partial charge in [0.25, 0.3) is 11.1 Å². The van der Waals surface area contributed by atoms with E-state index in [1.165, 1.54) is 22.6 Å². The zero-order chi connectivity index (χ0) is 22.5. The maximum Gasteiger partial charge on any atom is 0.277 e. The number of carbonyl (C=O) groups is 1. The van der Waals surface area contributed by atoms with Gasteiger partial charge in [-0.25, -0.2) is 0 Å². The molecule has 0 unspecified atom stereocenters. The molecular formula is C22H21ClN4O3S2. The minimum absolute atomic E-state index is 0.113. The first-order valence-corrected chi connectivity index (χ1v) is 12.3. The Bertz CT molecular complexity index is 1140. The molecule has 0 radical (unpaired) electrons. The van der Waals surface area contributed by atoms with E-state index in [2.05, 4.69) is 21.6 Å². The molecule has 2 heterocycles. The van der Waals surface area contributed by atoms with Crippen LogP contribution in [0.5, 0.6) is 5.75 Å². The van der Waals surface area contributed by atoms with E-state index in [9.17, 15) is 10.1 Å². The first kappa shape index (κ1) is 22.6. The number of thioether (sulfide) groups is 1. The first-order chi connectivity index (χ1) is 15.5. The molecule has 0 fully saturated rings. The summed E-state index contributed by atoms with van der Waals surface area (Å²) in [6.45, 7) is 1.88. The Morgan fingerprint density at radius 1 is 1.31 bits per heavy atom. The van der Waals surface area contributed by atoms with Crippen LogP contribution in [-0.4, -0.2) is 21.4 Å². The van der Waals surface area contributed by atoms with Gasteiger partial charge in [-0.3, -0.25) is 4.79 Å². The second-order valence-corrected chi connectivity index (χ2v) is 10.2. The lowest BCUT2D eigenvalue weighted by Gasteiger charge is -2.09. The van der Waals surface area contributed by atoms with Crippen molar-refractivity contribution in [3.63, 3.8) is 0 Å². The lowest BCUT2D eigenvalue weighted by atomic mass is 10.1. The smallest absolute Gasteiger partial charge is 0.277 e. The fourth-order valence-corrected chi connectivity index (χ4v) is 5.46. The molecular weight excluding hydrogens is 468 g/mol. The second-order valence-electron chi connectivity index (χ2n) is 7.33. The molecule has 1 aromatic carbocycles. The van der Waals surface area contributed by atoms with Gasteiger partial charge in [0.15, 0.2) is 6.61 Å². The predicted octanol–water partition coefficient (Wildman–Crippen LogP) is 5.62. The van der Waals surface area contributed by atoms with Crippen LogP contribution in [0.3, 0.4) is 0 Å². The van der Waals surface area contributed by atoms with Gasteiger partial charge in [0.2, 0.25) is 5.91 Å². The van der Waals surface area contributed by atoms with Crippen molar-refractivity contribution >= 4 is 45.6 Å².